The van der Waals surface area contributed by atoms with Crippen LogP contribution in [0, 0.1) is 5.82 Å². The monoisotopic (exact) mass is 438 g/mol. The van der Waals surface area contributed by atoms with Crippen LogP contribution in [-0.4, -0.2) is 59.1 Å². The van der Waals surface area contributed by atoms with Gasteiger partial charge in [-0.3, -0.25) is 4.90 Å². The average molecular weight is 439 g/mol. The summed E-state index contributed by atoms with van der Waals surface area (Å²) in [7, 11) is 0. The van der Waals surface area contributed by atoms with Gasteiger partial charge in [-0.05, 0) is 48.7 Å². The van der Waals surface area contributed by atoms with E-state index in [2.05, 4.69) is 15.1 Å². The highest BCUT2D eigenvalue weighted by Crippen LogP contribution is 2.24. The van der Waals surface area contributed by atoms with Gasteiger partial charge in [-0.1, -0.05) is 37.5 Å². The lowest BCUT2D eigenvalue weighted by Gasteiger charge is -2.41. The Morgan fingerprint density at radius 1 is 1.03 bits per heavy atom. The van der Waals surface area contributed by atoms with Gasteiger partial charge >= 0.3 is 5.97 Å². The van der Waals surface area contributed by atoms with Crippen molar-refractivity contribution in [2.75, 3.05) is 31.5 Å². The van der Waals surface area contributed by atoms with Crippen LogP contribution in [0.2, 0.25) is 0 Å². The summed E-state index contributed by atoms with van der Waals surface area (Å²) in [5.74, 6) is -0.500. The molecule has 0 bridgehead atoms. The average Bonchev–Trinajstić information content (AvgIpc) is 2.83. The molecule has 0 radical (unpaired) electrons. The highest BCUT2D eigenvalue weighted by molar-refractivity contribution is 5.95. The SMILES string of the molecule is O=C(O)c1cccc(NC(=NCc2ccc(F)cc2)N2CCN(C3CCCCC3)CC2)c1. The quantitative estimate of drug-likeness (QED) is 0.534. The number of hydrogen-bond acceptors (Lipinski definition) is 3. The lowest BCUT2D eigenvalue weighted by molar-refractivity contribution is 0.0697. The molecule has 1 aliphatic heterocycles. The first kappa shape index (κ1) is 22.3. The second kappa shape index (κ2) is 10.6. The summed E-state index contributed by atoms with van der Waals surface area (Å²) in [4.78, 5) is 21.0. The fourth-order valence-electron chi connectivity index (χ4n) is 4.58. The van der Waals surface area contributed by atoms with Gasteiger partial charge in [-0.15, -0.1) is 0 Å². The Hall–Kier alpha value is -2.93. The number of hydrogen-bond donors (Lipinski definition) is 2. The molecule has 4 rings (SSSR count). The molecule has 2 N–H and O–H groups in total. The zero-order valence-corrected chi connectivity index (χ0v) is 18.3. The molecule has 32 heavy (non-hydrogen) atoms. The largest absolute Gasteiger partial charge is 0.478 e. The summed E-state index contributed by atoms with van der Waals surface area (Å²) in [5, 5.41) is 12.7. The zero-order chi connectivity index (χ0) is 22.3. The first-order chi connectivity index (χ1) is 15.6. The fourth-order valence-corrected chi connectivity index (χ4v) is 4.58. The first-order valence-corrected chi connectivity index (χ1v) is 11.5. The minimum absolute atomic E-state index is 0.231. The second-order valence-corrected chi connectivity index (χ2v) is 8.59. The number of nitrogens with one attached hydrogen (secondary N) is 1. The molecule has 7 heteroatoms. The first-order valence-electron chi connectivity index (χ1n) is 11.5. The zero-order valence-electron chi connectivity index (χ0n) is 18.3. The second-order valence-electron chi connectivity index (χ2n) is 8.59. The minimum atomic E-state index is -0.959. The number of carboxylic acid groups (broad SMARTS) is 1. The fraction of sp³-hybridized carbons (Fsp3) is 0.440. The number of aromatic carboxylic acids is 1. The molecule has 0 amide bonds. The molecule has 2 fully saturated rings. The Morgan fingerprint density at radius 3 is 2.44 bits per heavy atom. The molecule has 1 saturated heterocycles. The summed E-state index contributed by atoms with van der Waals surface area (Å²) in [5.41, 5.74) is 1.85. The normalized spacial score (nSPS) is 18.5. The van der Waals surface area contributed by atoms with Crippen molar-refractivity contribution in [2.45, 2.75) is 44.7 Å². The molecule has 2 aliphatic rings. The topological polar surface area (TPSA) is 68.2 Å². The molecular formula is C25H31FN4O2. The van der Waals surface area contributed by atoms with Crippen molar-refractivity contribution >= 4 is 17.6 Å². The summed E-state index contributed by atoms with van der Waals surface area (Å²) in [6, 6.07) is 13.8. The summed E-state index contributed by atoms with van der Waals surface area (Å²) >= 11 is 0. The van der Waals surface area contributed by atoms with Gasteiger partial charge in [0.25, 0.3) is 0 Å². The number of piperazine rings is 1. The molecule has 0 unspecified atom stereocenters. The number of carbonyl (C=O) groups is 1. The van der Waals surface area contributed by atoms with Crippen LogP contribution in [0.3, 0.4) is 0 Å². The number of halogens is 1. The summed E-state index contributed by atoms with van der Waals surface area (Å²) < 4.78 is 13.2. The minimum Gasteiger partial charge on any atom is -0.478 e. The number of carboxylic acids is 1. The summed E-state index contributed by atoms with van der Waals surface area (Å²) in [6.45, 7) is 4.15. The molecule has 1 heterocycles. The van der Waals surface area contributed by atoms with Gasteiger partial charge in [0, 0.05) is 37.9 Å². The lowest BCUT2D eigenvalue weighted by atomic mass is 9.94. The summed E-state index contributed by atoms with van der Waals surface area (Å²) in [6.07, 6.45) is 6.61. The molecule has 2 aromatic carbocycles. The highest BCUT2D eigenvalue weighted by Gasteiger charge is 2.26. The van der Waals surface area contributed by atoms with Crippen LogP contribution >= 0.6 is 0 Å². The maximum absolute atomic E-state index is 13.2. The van der Waals surface area contributed by atoms with E-state index in [-0.39, 0.29) is 11.4 Å². The van der Waals surface area contributed by atoms with Crippen molar-refractivity contribution in [1.82, 2.24) is 9.80 Å². The van der Waals surface area contributed by atoms with Crippen molar-refractivity contribution < 1.29 is 14.3 Å². The van der Waals surface area contributed by atoms with E-state index in [9.17, 15) is 14.3 Å². The molecule has 1 aliphatic carbocycles. The number of aliphatic imine (C=N–C) groups is 1. The molecule has 170 valence electrons. The van der Waals surface area contributed by atoms with E-state index >= 15 is 0 Å². The van der Waals surface area contributed by atoms with Crippen LogP contribution in [0.5, 0.6) is 0 Å². The van der Waals surface area contributed by atoms with Crippen LogP contribution in [-0.2, 0) is 6.54 Å². The van der Waals surface area contributed by atoms with E-state index in [0.717, 1.165) is 37.7 Å². The standard InChI is InChI=1S/C25H31FN4O2/c26-21-11-9-19(10-12-21)18-27-25(28-22-6-4-5-20(17-22)24(31)32)30-15-13-29(14-16-30)23-7-2-1-3-8-23/h4-6,9-12,17,23H,1-3,7-8,13-16,18H2,(H,27,28)(H,31,32). The predicted molar refractivity (Wildman–Crippen MR) is 125 cm³/mol. The van der Waals surface area contributed by atoms with E-state index in [4.69, 9.17) is 4.99 Å². The van der Waals surface area contributed by atoms with E-state index in [1.54, 1.807) is 30.3 Å². The molecule has 2 aromatic rings. The van der Waals surface area contributed by atoms with Gasteiger partial charge in [0.05, 0.1) is 12.1 Å². The third kappa shape index (κ3) is 5.85. The van der Waals surface area contributed by atoms with Crippen molar-refractivity contribution in [3.8, 4) is 0 Å². The smallest absolute Gasteiger partial charge is 0.335 e. The third-order valence-corrected chi connectivity index (χ3v) is 6.40. The van der Waals surface area contributed by atoms with E-state index in [1.807, 2.05) is 6.07 Å². The Labute approximate surface area is 188 Å². The molecule has 0 atom stereocenters. The van der Waals surface area contributed by atoms with Gasteiger partial charge in [0.15, 0.2) is 5.96 Å². The van der Waals surface area contributed by atoms with Gasteiger partial charge in [0.1, 0.15) is 5.82 Å². The van der Waals surface area contributed by atoms with Crippen LogP contribution < -0.4 is 5.32 Å². The molecule has 0 spiro atoms. The Bertz CT molecular complexity index is 933. The highest BCUT2D eigenvalue weighted by atomic mass is 19.1. The Kier molecular flexibility index (Phi) is 7.37. The van der Waals surface area contributed by atoms with E-state index in [0.29, 0.717) is 18.3 Å². The van der Waals surface area contributed by atoms with Crippen LogP contribution in [0.15, 0.2) is 53.5 Å². The predicted octanol–water partition coefficient (Wildman–Crippen LogP) is 4.44. The molecule has 1 saturated carbocycles. The van der Waals surface area contributed by atoms with Gasteiger partial charge in [-0.25, -0.2) is 14.2 Å². The Morgan fingerprint density at radius 2 is 1.75 bits per heavy atom. The van der Waals surface area contributed by atoms with Crippen molar-refractivity contribution in [3.63, 3.8) is 0 Å². The maximum atomic E-state index is 13.2. The maximum Gasteiger partial charge on any atom is 0.335 e. The third-order valence-electron chi connectivity index (χ3n) is 6.40. The molecule has 0 aromatic heterocycles. The van der Waals surface area contributed by atoms with Gasteiger partial charge in [0.2, 0.25) is 0 Å². The number of nitrogens with zero attached hydrogens (tertiary/aromatic N) is 3. The van der Waals surface area contributed by atoms with Crippen molar-refractivity contribution in [2.24, 2.45) is 4.99 Å². The van der Waals surface area contributed by atoms with Crippen LogP contribution in [0.25, 0.3) is 0 Å². The van der Waals surface area contributed by atoms with E-state index < -0.39 is 5.97 Å². The number of guanidine groups is 1. The van der Waals surface area contributed by atoms with E-state index in [1.165, 1.54) is 44.2 Å². The lowest BCUT2D eigenvalue weighted by Crippen LogP contribution is -2.53. The van der Waals surface area contributed by atoms with Crippen molar-refractivity contribution in [1.29, 1.82) is 0 Å². The Balaban J connectivity index is 1.48. The number of rotatable bonds is 5. The molecular weight excluding hydrogens is 407 g/mol. The van der Waals surface area contributed by atoms with Crippen LogP contribution in [0.4, 0.5) is 10.1 Å². The van der Waals surface area contributed by atoms with Crippen LogP contribution in [0.1, 0.15) is 48.0 Å². The number of anilines is 1. The van der Waals surface area contributed by atoms with Crippen molar-refractivity contribution in [3.05, 3.63) is 65.5 Å². The van der Waals surface area contributed by atoms with Gasteiger partial charge in [-0.2, -0.15) is 0 Å². The van der Waals surface area contributed by atoms with Gasteiger partial charge < -0.3 is 15.3 Å². The number of benzene rings is 2. The molecule has 6 nitrogen and oxygen atoms in total.